The van der Waals surface area contributed by atoms with E-state index in [0.29, 0.717) is 51.0 Å². The SMILES string of the molecule is COc1cc2c(cc1OC)C1(CC(C)(O)c3cc(OC)c(OC)cc3C1C(=O)c1ccccc1)OC(c1ccccc1)=C2. The zero-order valence-electron chi connectivity index (χ0n) is 24.8. The van der Waals surface area contributed by atoms with Gasteiger partial charge in [0, 0.05) is 23.1 Å². The molecule has 1 N–H and O–H groups in total. The summed E-state index contributed by atoms with van der Waals surface area (Å²) >= 11 is 0. The lowest BCUT2D eigenvalue weighted by Crippen LogP contribution is -2.51. The van der Waals surface area contributed by atoms with E-state index in [2.05, 4.69) is 0 Å². The molecule has 4 aromatic carbocycles. The predicted molar refractivity (Wildman–Crippen MR) is 164 cm³/mol. The average Bonchev–Trinajstić information content (AvgIpc) is 3.04. The Bertz CT molecular complexity index is 1710. The molecule has 0 aromatic heterocycles. The molecule has 1 spiro atoms. The quantitative estimate of drug-likeness (QED) is 0.244. The van der Waals surface area contributed by atoms with Gasteiger partial charge in [-0.1, -0.05) is 60.7 Å². The van der Waals surface area contributed by atoms with Crippen LogP contribution in [0.1, 0.15) is 57.4 Å². The number of rotatable bonds is 7. The zero-order chi connectivity index (χ0) is 30.4. The maximum absolute atomic E-state index is 14.8. The summed E-state index contributed by atoms with van der Waals surface area (Å²) in [4.78, 5) is 14.8. The van der Waals surface area contributed by atoms with Crippen molar-refractivity contribution < 1.29 is 33.6 Å². The van der Waals surface area contributed by atoms with Gasteiger partial charge in [0.05, 0.1) is 40.0 Å². The molecule has 0 fully saturated rings. The molecule has 1 heterocycles. The lowest BCUT2D eigenvalue weighted by molar-refractivity contribution is -0.0852. The summed E-state index contributed by atoms with van der Waals surface area (Å²) < 4.78 is 29.8. The van der Waals surface area contributed by atoms with Gasteiger partial charge in [-0.15, -0.1) is 0 Å². The molecule has 0 amide bonds. The van der Waals surface area contributed by atoms with Crippen LogP contribution in [-0.4, -0.2) is 39.3 Å². The Morgan fingerprint density at radius 2 is 1.30 bits per heavy atom. The summed E-state index contributed by atoms with van der Waals surface area (Å²) in [6.07, 6.45) is 2.01. The molecule has 4 aromatic rings. The van der Waals surface area contributed by atoms with E-state index in [1.807, 2.05) is 66.7 Å². The lowest BCUT2D eigenvalue weighted by atomic mass is 9.60. The third-order valence-electron chi connectivity index (χ3n) is 8.49. The number of Topliss-reactive ketones (excluding diaryl/α,β-unsaturated/α-hetero) is 1. The van der Waals surface area contributed by atoms with Gasteiger partial charge in [-0.2, -0.15) is 0 Å². The second-order valence-corrected chi connectivity index (χ2v) is 11.1. The lowest BCUT2D eigenvalue weighted by Gasteiger charge is -2.51. The van der Waals surface area contributed by atoms with Crippen molar-refractivity contribution in [2.45, 2.75) is 30.5 Å². The summed E-state index contributed by atoms with van der Waals surface area (Å²) in [6.45, 7) is 1.74. The number of carbonyl (C=O) groups is 1. The highest BCUT2D eigenvalue weighted by atomic mass is 16.5. The van der Waals surface area contributed by atoms with Gasteiger partial charge in [0.15, 0.2) is 34.4 Å². The Kier molecular flexibility index (Phi) is 7.14. The number of ether oxygens (including phenoxy) is 5. The van der Waals surface area contributed by atoms with Crippen molar-refractivity contribution >= 4 is 17.6 Å². The Balaban J connectivity index is 1.71. The molecule has 0 saturated heterocycles. The normalized spacial score (nSPS) is 22.0. The molecule has 43 heavy (non-hydrogen) atoms. The standard InChI is InChI=1S/C36H34O7/c1-35(38)21-36(26-19-31(41-4)29(39-2)17-24(26)16-28(43-36)22-12-8-6-9-13-22)33(34(37)23-14-10-7-11-15-23)25-18-30(40-3)32(42-5)20-27(25)35/h6-20,33,38H,21H2,1-5H3. The van der Waals surface area contributed by atoms with Crippen LogP contribution in [0.25, 0.3) is 11.8 Å². The molecule has 1 aliphatic heterocycles. The van der Waals surface area contributed by atoms with E-state index in [0.717, 1.165) is 11.1 Å². The summed E-state index contributed by atoms with van der Waals surface area (Å²) in [5.74, 6) is 1.48. The summed E-state index contributed by atoms with van der Waals surface area (Å²) in [5.41, 5.74) is 1.27. The van der Waals surface area contributed by atoms with Crippen molar-refractivity contribution in [1.29, 1.82) is 0 Å². The Morgan fingerprint density at radius 3 is 1.91 bits per heavy atom. The highest BCUT2D eigenvalue weighted by Crippen LogP contribution is 2.61. The van der Waals surface area contributed by atoms with Crippen LogP contribution in [0.3, 0.4) is 0 Å². The molecule has 0 bridgehead atoms. The van der Waals surface area contributed by atoms with E-state index < -0.39 is 17.1 Å². The number of ketones is 1. The van der Waals surface area contributed by atoms with E-state index in [9.17, 15) is 9.90 Å². The summed E-state index contributed by atoms with van der Waals surface area (Å²) in [6, 6.07) is 26.2. The highest BCUT2D eigenvalue weighted by molar-refractivity contribution is 6.03. The molecule has 2 aliphatic rings. The fraction of sp³-hybridized carbons (Fsp3) is 0.250. The van der Waals surface area contributed by atoms with Crippen LogP contribution in [0.15, 0.2) is 84.9 Å². The number of hydrogen-bond donors (Lipinski definition) is 1. The fourth-order valence-electron chi connectivity index (χ4n) is 6.57. The largest absolute Gasteiger partial charge is 0.493 e. The first-order chi connectivity index (χ1) is 20.8. The van der Waals surface area contributed by atoms with Crippen molar-refractivity contribution in [3.05, 3.63) is 118 Å². The van der Waals surface area contributed by atoms with E-state index in [-0.39, 0.29) is 12.2 Å². The Hall–Kier alpha value is -4.75. The van der Waals surface area contributed by atoms with Gasteiger partial charge in [-0.05, 0) is 54.0 Å². The van der Waals surface area contributed by atoms with Crippen LogP contribution >= 0.6 is 0 Å². The van der Waals surface area contributed by atoms with Crippen LogP contribution < -0.4 is 18.9 Å². The van der Waals surface area contributed by atoms with Gasteiger partial charge in [-0.25, -0.2) is 0 Å². The first-order valence-corrected chi connectivity index (χ1v) is 14.1. The smallest absolute Gasteiger partial charge is 0.174 e. The van der Waals surface area contributed by atoms with E-state index in [4.69, 9.17) is 23.7 Å². The molecule has 1 aliphatic carbocycles. The second-order valence-electron chi connectivity index (χ2n) is 11.1. The molecule has 0 radical (unpaired) electrons. The molecule has 220 valence electrons. The number of carbonyl (C=O) groups excluding carboxylic acids is 1. The molecule has 3 atom stereocenters. The molecule has 0 saturated carbocycles. The summed E-state index contributed by atoms with van der Waals surface area (Å²) in [7, 11) is 6.26. The third-order valence-corrected chi connectivity index (χ3v) is 8.49. The molecule has 6 rings (SSSR count). The van der Waals surface area contributed by atoms with E-state index in [1.54, 1.807) is 59.6 Å². The first kappa shape index (κ1) is 28.4. The van der Waals surface area contributed by atoms with Gasteiger partial charge in [0.25, 0.3) is 0 Å². The fourth-order valence-corrected chi connectivity index (χ4v) is 6.57. The topological polar surface area (TPSA) is 83.5 Å². The maximum atomic E-state index is 14.8. The molecular weight excluding hydrogens is 544 g/mol. The van der Waals surface area contributed by atoms with Gasteiger partial charge in [0.1, 0.15) is 5.76 Å². The highest BCUT2D eigenvalue weighted by Gasteiger charge is 2.59. The number of aliphatic hydroxyl groups is 1. The van der Waals surface area contributed by atoms with Crippen LogP contribution in [-0.2, 0) is 15.9 Å². The minimum atomic E-state index is -1.42. The Morgan fingerprint density at radius 1 is 0.767 bits per heavy atom. The Labute approximate surface area is 251 Å². The number of fused-ring (bicyclic) bond motifs is 3. The van der Waals surface area contributed by atoms with Gasteiger partial charge in [0.2, 0.25) is 0 Å². The van der Waals surface area contributed by atoms with Crippen LogP contribution in [0.2, 0.25) is 0 Å². The van der Waals surface area contributed by atoms with E-state index in [1.165, 1.54) is 0 Å². The monoisotopic (exact) mass is 578 g/mol. The molecule has 7 nitrogen and oxygen atoms in total. The van der Waals surface area contributed by atoms with Crippen molar-refractivity contribution in [3.8, 4) is 23.0 Å². The number of benzene rings is 4. The van der Waals surface area contributed by atoms with Crippen molar-refractivity contribution in [2.75, 3.05) is 28.4 Å². The average molecular weight is 579 g/mol. The van der Waals surface area contributed by atoms with Gasteiger partial charge >= 0.3 is 0 Å². The van der Waals surface area contributed by atoms with Gasteiger partial charge < -0.3 is 28.8 Å². The van der Waals surface area contributed by atoms with Crippen molar-refractivity contribution in [2.24, 2.45) is 0 Å². The first-order valence-electron chi connectivity index (χ1n) is 14.1. The van der Waals surface area contributed by atoms with Crippen LogP contribution in [0, 0.1) is 0 Å². The van der Waals surface area contributed by atoms with Crippen LogP contribution in [0.4, 0.5) is 0 Å². The summed E-state index contributed by atoms with van der Waals surface area (Å²) in [5, 5.41) is 12.2. The molecule has 7 heteroatoms. The van der Waals surface area contributed by atoms with Crippen LogP contribution in [0.5, 0.6) is 23.0 Å². The number of hydrogen-bond acceptors (Lipinski definition) is 7. The minimum absolute atomic E-state index is 0.0678. The minimum Gasteiger partial charge on any atom is -0.493 e. The second kappa shape index (κ2) is 10.8. The van der Waals surface area contributed by atoms with Crippen molar-refractivity contribution in [3.63, 3.8) is 0 Å². The van der Waals surface area contributed by atoms with Gasteiger partial charge in [-0.3, -0.25) is 4.79 Å². The number of methoxy groups -OCH3 is 4. The van der Waals surface area contributed by atoms with Crippen molar-refractivity contribution in [1.82, 2.24) is 0 Å². The van der Waals surface area contributed by atoms with E-state index >= 15 is 0 Å². The third kappa shape index (κ3) is 4.61. The molecule has 3 unspecified atom stereocenters. The maximum Gasteiger partial charge on any atom is 0.174 e. The predicted octanol–water partition coefficient (Wildman–Crippen LogP) is 6.72. The molecular formula is C36H34O7. The zero-order valence-corrected chi connectivity index (χ0v) is 24.8.